The maximum atomic E-state index is 12.1. The number of imidazole rings is 1. The van der Waals surface area contributed by atoms with Gasteiger partial charge in [-0.05, 0) is 19.1 Å². The lowest BCUT2D eigenvalue weighted by Gasteiger charge is -2.16. The number of nitrogens with two attached hydrogens (primary N) is 1. The molecular weight excluding hydrogens is 452 g/mol. The number of benzene rings is 1. The zero-order chi connectivity index (χ0) is 22.8. The highest BCUT2D eigenvalue weighted by molar-refractivity contribution is 7.17. The summed E-state index contributed by atoms with van der Waals surface area (Å²) in [5, 5.41) is 3.18. The standard InChI is InChI=1S/C22H19ClN4O4S/c1-12(14-5-3-4-6-15(14)23)31-17-10-18(32-20(17)21(24)28)16-11-25-19-9-13(7-8-27(16)19)26-22(29)30-2/h3-12H,1-2H3,(H2,24,28)(H,26,29)/t12-/m1/s1. The molecule has 0 aliphatic carbocycles. The predicted molar refractivity (Wildman–Crippen MR) is 124 cm³/mol. The highest BCUT2D eigenvalue weighted by Crippen LogP contribution is 2.39. The molecule has 0 saturated heterocycles. The van der Waals surface area contributed by atoms with Crippen molar-refractivity contribution >= 4 is 46.3 Å². The van der Waals surface area contributed by atoms with Crippen LogP contribution in [-0.4, -0.2) is 28.5 Å². The minimum atomic E-state index is -0.582. The second-order valence-electron chi connectivity index (χ2n) is 6.85. The van der Waals surface area contributed by atoms with E-state index in [-0.39, 0.29) is 0 Å². The maximum absolute atomic E-state index is 12.1. The molecule has 164 valence electrons. The lowest BCUT2D eigenvalue weighted by atomic mass is 10.1. The Morgan fingerprint density at radius 3 is 2.75 bits per heavy atom. The van der Waals surface area contributed by atoms with E-state index in [2.05, 4.69) is 15.0 Å². The average Bonchev–Trinajstić information content (AvgIpc) is 3.37. The number of ether oxygens (including phenoxy) is 2. The molecule has 3 heterocycles. The summed E-state index contributed by atoms with van der Waals surface area (Å²) >= 11 is 7.50. The lowest BCUT2D eigenvalue weighted by Crippen LogP contribution is -2.12. The van der Waals surface area contributed by atoms with Crippen molar-refractivity contribution in [1.29, 1.82) is 0 Å². The van der Waals surface area contributed by atoms with Crippen LogP contribution in [0.2, 0.25) is 5.02 Å². The van der Waals surface area contributed by atoms with Gasteiger partial charge in [-0.15, -0.1) is 11.3 Å². The van der Waals surface area contributed by atoms with E-state index < -0.39 is 18.1 Å². The number of anilines is 1. The third kappa shape index (κ3) is 4.25. The molecule has 2 amide bonds. The molecule has 4 rings (SSSR count). The normalized spacial score (nSPS) is 11.8. The van der Waals surface area contributed by atoms with Crippen LogP contribution in [0.4, 0.5) is 10.5 Å². The van der Waals surface area contributed by atoms with E-state index in [1.807, 2.05) is 29.5 Å². The summed E-state index contributed by atoms with van der Waals surface area (Å²) in [6.45, 7) is 1.85. The number of amides is 2. The number of hydrogen-bond acceptors (Lipinski definition) is 6. The van der Waals surface area contributed by atoms with Crippen molar-refractivity contribution in [3.8, 4) is 16.3 Å². The van der Waals surface area contributed by atoms with Crippen LogP contribution in [0, 0.1) is 0 Å². The number of rotatable bonds is 6. The molecule has 0 unspecified atom stereocenters. The Hall–Kier alpha value is -3.56. The van der Waals surface area contributed by atoms with Gasteiger partial charge < -0.3 is 15.2 Å². The molecule has 1 aromatic carbocycles. The van der Waals surface area contributed by atoms with Crippen molar-refractivity contribution in [2.45, 2.75) is 13.0 Å². The Labute approximate surface area is 192 Å². The summed E-state index contributed by atoms with van der Waals surface area (Å²) in [7, 11) is 1.29. The molecule has 0 fully saturated rings. The van der Waals surface area contributed by atoms with Gasteiger partial charge in [0.05, 0.1) is 23.9 Å². The number of pyridine rings is 1. The number of carbonyl (C=O) groups is 2. The topological polar surface area (TPSA) is 108 Å². The van der Waals surface area contributed by atoms with E-state index in [4.69, 9.17) is 22.1 Å². The summed E-state index contributed by atoms with van der Waals surface area (Å²) < 4.78 is 12.5. The highest BCUT2D eigenvalue weighted by Gasteiger charge is 2.21. The average molecular weight is 471 g/mol. The van der Waals surface area contributed by atoms with Crippen molar-refractivity contribution in [1.82, 2.24) is 9.38 Å². The fraction of sp³-hybridized carbons (Fsp3) is 0.136. The summed E-state index contributed by atoms with van der Waals surface area (Å²) in [5.41, 5.74) is 8.31. The number of nitrogens with one attached hydrogen (secondary N) is 1. The van der Waals surface area contributed by atoms with Crippen molar-refractivity contribution < 1.29 is 19.1 Å². The Balaban J connectivity index is 1.67. The molecule has 1 atom stereocenters. The van der Waals surface area contributed by atoms with Gasteiger partial charge in [0.2, 0.25) is 0 Å². The van der Waals surface area contributed by atoms with Gasteiger partial charge in [0.25, 0.3) is 5.91 Å². The van der Waals surface area contributed by atoms with Crippen LogP contribution >= 0.6 is 22.9 Å². The number of primary amides is 1. The molecule has 0 bridgehead atoms. The minimum absolute atomic E-state index is 0.304. The van der Waals surface area contributed by atoms with Gasteiger partial charge in [0, 0.05) is 34.6 Å². The van der Waals surface area contributed by atoms with Gasteiger partial charge in [-0.2, -0.15) is 0 Å². The molecule has 0 radical (unpaired) electrons. The zero-order valence-corrected chi connectivity index (χ0v) is 18.7. The van der Waals surface area contributed by atoms with Crippen LogP contribution in [0.15, 0.2) is 54.9 Å². The largest absolute Gasteiger partial charge is 0.484 e. The molecule has 10 heteroatoms. The fourth-order valence-electron chi connectivity index (χ4n) is 3.23. The van der Waals surface area contributed by atoms with Crippen molar-refractivity contribution in [2.75, 3.05) is 12.4 Å². The Kier molecular flexibility index (Phi) is 6.02. The molecular formula is C22H19ClN4O4S. The zero-order valence-electron chi connectivity index (χ0n) is 17.2. The summed E-state index contributed by atoms with van der Waals surface area (Å²) in [5.74, 6) is -0.204. The summed E-state index contributed by atoms with van der Waals surface area (Å²) in [6.07, 6.45) is 2.48. The van der Waals surface area contributed by atoms with Gasteiger partial charge >= 0.3 is 6.09 Å². The molecule has 3 N–H and O–H groups in total. The van der Waals surface area contributed by atoms with Crippen LogP contribution in [0.1, 0.15) is 28.3 Å². The number of halogens is 1. The third-order valence-corrected chi connectivity index (χ3v) is 6.26. The van der Waals surface area contributed by atoms with E-state index in [0.29, 0.717) is 27.0 Å². The maximum Gasteiger partial charge on any atom is 0.411 e. The smallest absolute Gasteiger partial charge is 0.411 e. The number of nitrogens with zero attached hydrogens (tertiary/aromatic N) is 2. The van der Waals surface area contributed by atoms with Gasteiger partial charge in [0.15, 0.2) is 0 Å². The van der Waals surface area contributed by atoms with E-state index in [9.17, 15) is 9.59 Å². The number of aromatic nitrogens is 2. The summed E-state index contributed by atoms with van der Waals surface area (Å²) in [4.78, 5) is 29.0. The second-order valence-corrected chi connectivity index (χ2v) is 8.31. The van der Waals surface area contributed by atoms with Crippen LogP contribution < -0.4 is 15.8 Å². The van der Waals surface area contributed by atoms with Crippen molar-refractivity contribution in [2.24, 2.45) is 5.73 Å². The number of fused-ring (bicyclic) bond motifs is 1. The molecule has 4 aromatic rings. The quantitative estimate of drug-likeness (QED) is 0.406. The van der Waals surface area contributed by atoms with Crippen LogP contribution in [0.3, 0.4) is 0 Å². The van der Waals surface area contributed by atoms with Gasteiger partial charge in [-0.3, -0.25) is 14.5 Å². The summed E-state index contributed by atoms with van der Waals surface area (Å²) in [6, 6.07) is 12.6. The fourth-order valence-corrected chi connectivity index (χ4v) is 4.47. The predicted octanol–water partition coefficient (Wildman–Crippen LogP) is 5.13. The first-order valence-electron chi connectivity index (χ1n) is 9.54. The Morgan fingerprint density at radius 1 is 1.25 bits per heavy atom. The van der Waals surface area contributed by atoms with Gasteiger partial charge in [-0.25, -0.2) is 9.78 Å². The lowest BCUT2D eigenvalue weighted by molar-refractivity contribution is 0.0998. The molecule has 0 spiro atoms. The molecule has 8 nitrogen and oxygen atoms in total. The number of methoxy groups -OCH3 is 1. The molecule has 0 saturated carbocycles. The van der Waals surface area contributed by atoms with Crippen molar-refractivity contribution in [3.05, 3.63) is 70.3 Å². The Bertz CT molecular complexity index is 1320. The SMILES string of the molecule is COC(=O)Nc1ccn2c(-c3cc(O[C@H](C)c4ccccc4Cl)c(C(N)=O)s3)cnc2c1. The van der Waals surface area contributed by atoms with Crippen LogP contribution in [0.25, 0.3) is 16.2 Å². The van der Waals surface area contributed by atoms with E-state index >= 15 is 0 Å². The molecule has 0 aliphatic heterocycles. The number of thiophene rings is 1. The minimum Gasteiger partial charge on any atom is -0.484 e. The van der Waals surface area contributed by atoms with Crippen LogP contribution in [-0.2, 0) is 4.74 Å². The first kappa shape index (κ1) is 21.7. The second kappa shape index (κ2) is 8.89. The van der Waals surface area contributed by atoms with Gasteiger partial charge in [-0.1, -0.05) is 29.8 Å². The highest BCUT2D eigenvalue weighted by atomic mass is 35.5. The van der Waals surface area contributed by atoms with Crippen LogP contribution in [0.5, 0.6) is 5.75 Å². The molecule has 3 aromatic heterocycles. The van der Waals surface area contributed by atoms with E-state index in [0.717, 1.165) is 16.1 Å². The first-order valence-corrected chi connectivity index (χ1v) is 10.7. The number of carbonyl (C=O) groups excluding carboxylic acids is 2. The monoisotopic (exact) mass is 470 g/mol. The van der Waals surface area contributed by atoms with E-state index in [1.54, 1.807) is 36.7 Å². The van der Waals surface area contributed by atoms with E-state index in [1.165, 1.54) is 18.4 Å². The van der Waals surface area contributed by atoms with Gasteiger partial charge in [0.1, 0.15) is 22.4 Å². The van der Waals surface area contributed by atoms with Crippen molar-refractivity contribution in [3.63, 3.8) is 0 Å². The Morgan fingerprint density at radius 2 is 2.03 bits per heavy atom. The number of hydrogen-bond donors (Lipinski definition) is 2. The first-order chi connectivity index (χ1) is 15.4. The third-order valence-electron chi connectivity index (χ3n) is 4.77. The molecule has 32 heavy (non-hydrogen) atoms. The molecule has 0 aliphatic rings.